The molecule has 32 heavy (non-hydrogen) atoms. The number of nitrogens with one attached hydrogen (secondary N) is 2. The van der Waals surface area contributed by atoms with Crippen molar-refractivity contribution in [2.75, 3.05) is 19.7 Å². The molecular weight excluding hydrogens is 410 g/mol. The van der Waals surface area contributed by atoms with Crippen LogP contribution in [0.4, 0.5) is 0 Å². The Labute approximate surface area is 184 Å². The highest BCUT2D eigenvalue weighted by atomic mass is 16.5. The monoisotopic (exact) mass is 435 g/mol. The molecule has 1 atom stereocenters. The summed E-state index contributed by atoms with van der Waals surface area (Å²) >= 11 is 0. The molecular formula is C21H25N9O2. The van der Waals surface area contributed by atoms with Crippen molar-refractivity contribution in [1.29, 1.82) is 0 Å². The number of primary amides is 1. The normalized spacial score (nSPS) is 16.6. The zero-order valence-electron chi connectivity index (χ0n) is 18.0. The first-order valence-electron chi connectivity index (χ1n) is 10.6. The highest BCUT2D eigenvalue weighted by Gasteiger charge is 2.20. The number of fused-ring (bicyclic) bond motifs is 1. The van der Waals surface area contributed by atoms with Gasteiger partial charge in [-0.15, -0.1) is 10.2 Å². The molecule has 1 saturated heterocycles. The summed E-state index contributed by atoms with van der Waals surface area (Å²) in [7, 11) is 0. The maximum atomic E-state index is 12.1. The number of rotatable bonds is 6. The van der Waals surface area contributed by atoms with Crippen molar-refractivity contribution >= 4 is 16.8 Å². The van der Waals surface area contributed by atoms with Gasteiger partial charge in [0.15, 0.2) is 11.6 Å². The van der Waals surface area contributed by atoms with Gasteiger partial charge in [-0.1, -0.05) is 0 Å². The third-order valence-electron chi connectivity index (χ3n) is 5.61. The number of H-pyrrole nitrogens is 1. The second-order valence-corrected chi connectivity index (χ2v) is 7.85. The van der Waals surface area contributed by atoms with E-state index in [9.17, 15) is 4.79 Å². The average Bonchev–Trinajstić information content (AvgIpc) is 3.52. The van der Waals surface area contributed by atoms with Gasteiger partial charge >= 0.3 is 0 Å². The summed E-state index contributed by atoms with van der Waals surface area (Å²) in [5.41, 5.74) is 9.26. The smallest absolute Gasteiger partial charge is 0.248 e. The molecule has 5 rings (SSSR count). The third-order valence-corrected chi connectivity index (χ3v) is 5.61. The fourth-order valence-electron chi connectivity index (χ4n) is 4.07. The minimum absolute atomic E-state index is 0.00184. The van der Waals surface area contributed by atoms with Gasteiger partial charge in [0.25, 0.3) is 0 Å². The number of morpholine rings is 1. The predicted molar refractivity (Wildman–Crippen MR) is 118 cm³/mol. The van der Waals surface area contributed by atoms with Gasteiger partial charge in [-0.05, 0) is 32.0 Å². The van der Waals surface area contributed by atoms with Gasteiger partial charge in [0, 0.05) is 36.1 Å². The number of carbonyl (C=O) groups is 1. The van der Waals surface area contributed by atoms with Crippen LogP contribution < -0.4 is 11.1 Å². The molecule has 1 aliphatic heterocycles. The van der Waals surface area contributed by atoms with Crippen molar-refractivity contribution in [3.8, 4) is 22.9 Å². The topological polar surface area (TPSA) is 142 Å². The largest absolute Gasteiger partial charge is 0.374 e. The Balaban J connectivity index is 1.58. The Hall–Kier alpha value is -3.57. The maximum absolute atomic E-state index is 12.1. The lowest BCUT2D eigenvalue weighted by Crippen LogP contribution is -2.40. The summed E-state index contributed by atoms with van der Waals surface area (Å²) in [6, 6.07) is 5.44. The molecule has 1 amide bonds. The summed E-state index contributed by atoms with van der Waals surface area (Å²) in [6.07, 6.45) is 1.77. The van der Waals surface area contributed by atoms with Crippen LogP contribution in [0.2, 0.25) is 0 Å². The van der Waals surface area contributed by atoms with Crippen LogP contribution in [0, 0.1) is 6.92 Å². The number of hydrogen-bond acceptors (Lipinski definition) is 7. The first kappa shape index (κ1) is 20.3. The lowest BCUT2D eigenvalue weighted by molar-refractivity contribution is 0.0169. The maximum Gasteiger partial charge on any atom is 0.248 e. The van der Waals surface area contributed by atoms with Crippen LogP contribution in [-0.4, -0.2) is 66.4 Å². The minimum Gasteiger partial charge on any atom is -0.374 e. The molecule has 0 bridgehead atoms. The van der Waals surface area contributed by atoms with Crippen molar-refractivity contribution in [2.24, 2.45) is 5.73 Å². The van der Waals surface area contributed by atoms with E-state index < -0.39 is 5.91 Å². The van der Waals surface area contributed by atoms with Gasteiger partial charge in [0.05, 0.1) is 36.7 Å². The number of aryl methyl sites for hydroxylation is 2. The molecule has 1 fully saturated rings. The van der Waals surface area contributed by atoms with E-state index in [1.54, 1.807) is 18.3 Å². The lowest BCUT2D eigenvalue weighted by Gasteiger charge is -2.23. The molecule has 3 aromatic heterocycles. The molecule has 4 heterocycles. The molecule has 166 valence electrons. The number of hydrogen-bond donors (Lipinski definition) is 3. The summed E-state index contributed by atoms with van der Waals surface area (Å²) in [6.45, 7) is 7.49. The molecule has 0 saturated carbocycles. The van der Waals surface area contributed by atoms with Gasteiger partial charge in [-0.2, -0.15) is 10.2 Å². The average molecular weight is 435 g/mol. The van der Waals surface area contributed by atoms with Gasteiger partial charge in [0.2, 0.25) is 5.91 Å². The Bertz CT molecular complexity index is 1280. The number of benzene rings is 1. The zero-order chi connectivity index (χ0) is 22.2. The highest BCUT2D eigenvalue weighted by Crippen LogP contribution is 2.30. The highest BCUT2D eigenvalue weighted by molar-refractivity contribution is 6.02. The third kappa shape index (κ3) is 3.65. The summed E-state index contributed by atoms with van der Waals surface area (Å²) < 4.78 is 9.53. The standard InChI is InChI=1S/C21H25N9O2/c1-3-29-18(6-12(2)28-29)21-25-20(26-27-21)15-7-13(19(22)31)8-17-16(15)10-24-30(17)11-14-9-23-4-5-32-14/h6-8,10,14,23H,3-5,9,11H2,1-2H3,(H2,22,31)(H,25,26,27)/t14-/m0/s1. The summed E-state index contributed by atoms with van der Waals surface area (Å²) in [5.74, 6) is 0.620. The predicted octanol–water partition coefficient (Wildman–Crippen LogP) is 1.10. The van der Waals surface area contributed by atoms with Crippen molar-refractivity contribution in [1.82, 2.24) is 40.1 Å². The van der Waals surface area contributed by atoms with E-state index in [-0.39, 0.29) is 6.10 Å². The van der Waals surface area contributed by atoms with Crippen LogP contribution in [0.5, 0.6) is 0 Å². The van der Waals surface area contributed by atoms with Crippen molar-refractivity contribution in [3.63, 3.8) is 0 Å². The molecule has 0 spiro atoms. The summed E-state index contributed by atoms with van der Waals surface area (Å²) in [5, 5.41) is 21.9. The van der Waals surface area contributed by atoms with Crippen LogP contribution in [0.15, 0.2) is 24.4 Å². The lowest BCUT2D eigenvalue weighted by atomic mass is 10.0. The number of carbonyl (C=O) groups excluding carboxylic acids is 1. The number of aromatic amines is 1. The summed E-state index contributed by atoms with van der Waals surface area (Å²) in [4.78, 5) is 15.3. The Morgan fingerprint density at radius 3 is 2.84 bits per heavy atom. The molecule has 1 aromatic carbocycles. The molecule has 0 unspecified atom stereocenters. The van der Waals surface area contributed by atoms with Crippen molar-refractivity contribution in [3.05, 3.63) is 35.7 Å². The number of amides is 1. The molecule has 11 heteroatoms. The number of nitrogens with zero attached hydrogens (tertiary/aromatic N) is 6. The zero-order valence-corrected chi connectivity index (χ0v) is 18.0. The first-order valence-corrected chi connectivity index (χ1v) is 10.6. The van der Waals surface area contributed by atoms with Gasteiger partial charge in [-0.3, -0.25) is 14.2 Å². The van der Waals surface area contributed by atoms with Gasteiger partial charge < -0.3 is 20.8 Å². The van der Waals surface area contributed by atoms with Crippen molar-refractivity contribution < 1.29 is 9.53 Å². The van der Waals surface area contributed by atoms with Crippen LogP contribution in [0.1, 0.15) is 23.0 Å². The van der Waals surface area contributed by atoms with Crippen molar-refractivity contribution in [2.45, 2.75) is 33.0 Å². The molecule has 11 nitrogen and oxygen atoms in total. The molecule has 1 aliphatic rings. The van der Waals surface area contributed by atoms with E-state index in [0.717, 1.165) is 35.4 Å². The number of ether oxygens (including phenoxy) is 1. The number of aromatic nitrogens is 7. The van der Waals surface area contributed by atoms with Crippen LogP contribution >= 0.6 is 0 Å². The Morgan fingerprint density at radius 2 is 2.09 bits per heavy atom. The van der Waals surface area contributed by atoms with Crippen LogP contribution in [-0.2, 0) is 17.8 Å². The van der Waals surface area contributed by atoms with E-state index in [1.807, 2.05) is 29.3 Å². The molecule has 0 radical (unpaired) electrons. The fraction of sp³-hybridized carbons (Fsp3) is 0.381. The van der Waals surface area contributed by atoms with E-state index in [4.69, 9.17) is 10.5 Å². The second-order valence-electron chi connectivity index (χ2n) is 7.85. The van der Waals surface area contributed by atoms with Crippen LogP contribution in [0.25, 0.3) is 33.8 Å². The molecule has 4 N–H and O–H groups in total. The van der Waals surface area contributed by atoms with E-state index in [2.05, 4.69) is 30.7 Å². The van der Waals surface area contributed by atoms with E-state index in [0.29, 0.717) is 42.5 Å². The van der Waals surface area contributed by atoms with Gasteiger partial charge in [-0.25, -0.2) is 0 Å². The SMILES string of the molecule is CCn1nc(C)cc1-c1nnc(-c2cc(C(N)=O)cc3c2cnn3C[C@@H]2CNCCO2)[nH]1. The molecule has 0 aliphatic carbocycles. The Morgan fingerprint density at radius 1 is 1.25 bits per heavy atom. The minimum atomic E-state index is -0.518. The quantitative estimate of drug-likeness (QED) is 0.412. The fourth-order valence-corrected chi connectivity index (χ4v) is 4.07. The first-order chi connectivity index (χ1) is 15.5. The number of nitrogens with two attached hydrogens (primary N) is 1. The van der Waals surface area contributed by atoms with E-state index >= 15 is 0 Å². The van der Waals surface area contributed by atoms with E-state index in [1.165, 1.54) is 0 Å². The van der Waals surface area contributed by atoms with Crippen LogP contribution in [0.3, 0.4) is 0 Å². The second kappa shape index (κ2) is 8.17. The Kier molecular flexibility index (Phi) is 5.19. The van der Waals surface area contributed by atoms with Gasteiger partial charge in [0.1, 0.15) is 5.69 Å². The molecule has 4 aromatic rings.